The van der Waals surface area contributed by atoms with E-state index >= 15 is 0 Å². The van der Waals surface area contributed by atoms with Crippen LogP contribution < -0.4 is 5.32 Å². The molecule has 1 heterocycles. The molecule has 0 radical (unpaired) electrons. The normalized spacial score (nSPS) is 10.2. The summed E-state index contributed by atoms with van der Waals surface area (Å²) in [4.78, 5) is 20.8. The Morgan fingerprint density at radius 2 is 2.29 bits per heavy atom. The molecule has 0 aliphatic carbocycles. The van der Waals surface area contributed by atoms with E-state index in [0.29, 0.717) is 12.1 Å². The molecule has 0 fully saturated rings. The monoisotopic (exact) mass is 242 g/mol. The maximum atomic E-state index is 10.9. The molecule has 17 heavy (non-hydrogen) atoms. The summed E-state index contributed by atoms with van der Waals surface area (Å²) in [7, 11) is 1.54. The molecule has 1 aromatic heterocycles. The minimum absolute atomic E-state index is 0.126. The molecule has 0 saturated heterocycles. The van der Waals surface area contributed by atoms with Gasteiger partial charge in [0.2, 0.25) is 5.82 Å². The Morgan fingerprint density at radius 1 is 1.65 bits per heavy atom. The first-order valence-electron chi connectivity index (χ1n) is 5.13. The number of carboxylic acids is 1. The molecule has 0 amide bonds. The summed E-state index contributed by atoms with van der Waals surface area (Å²) < 4.78 is 1.30. The molecule has 94 valence electrons. The second-order valence-electron chi connectivity index (χ2n) is 3.52. The first-order valence-corrected chi connectivity index (χ1v) is 5.13. The van der Waals surface area contributed by atoms with Crippen molar-refractivity contribution < 1.29 is 14.8 Å². The smallest absolute Gasteiger partial charge is 0.334 e. The van der Waals surface area contributed by atoms with Crippen LogP contribution in [0.2, 0.25) is 0 Å². The Labute approximate surface area is 97.4 Å². The second-order valence-corrected chi connectivity index (χ2v) is 3.52. The molecule has 1 aromatic rings. The highest BCUT2D eigenvalue weighted by Gasteiger charge is 2.26. The van der Waals surface area contributed by atoms with Crippen LogP contribution in [0.25, 0.3) is 0 Å². The van der Waals surface area contributed by atoms with Crippen molar-refractivity contribution in [2.45, 2.75) is 19.8 Å². The minimum Gasteiger partial charge on any atom is -0.480 e. The van der Waals surface area contributed by atoms with E-state index in [1.807, 2.05) is 6.92 Å². The highest BCUT2D eigenvalue weighted by atomic mass is 16.6. The van der Waals surface area contributed by atoms with Crippen molar-refractivity contribution in [3.63, 3.8) is 0 Å². The number of aryl methyl sites for hydroxylation is 2. The van der Waals surface area contributed by atoms with E-state index in [0.717, 1.165) is 6.42 Å². The van der Waals surface area contributed by atoms with Gasteiger partial charge in [-0.05, 0) is 6.42 Å². The number of carboxylic acid groups (broad SMARTS) is 1. The van der Waals surface area contributed by atoms with E-state index in [1.54, 1.807) is 0 Å². The maximum Gasteiger partial charge on any atom is 0.334 e. The zero-order valence-electron chi connectivity index (χ0n) is 9.63. The summed E-state index contributed by atoms with van der Waals surface area (Å²) in [5.74, 6) is -0.960. The van der Waals surface area contributed by atoms with Gasteiger partial charge >= 0.3 is 11.7 Å². The summed E-state index contributed by atoms with van der Waals surface area (Å²) in [6.45, 7) is 1.51. The van der Waals surface area contributed by atoms with Crippen LogP contribution in [0, 0.1) is 10.1 Å². The van der Waals surface area contributed by atoms with Crippen molar-refractivity contribution in [1.82, 2.24) is 9.78 Å². The third-order valence-electron chi connectivity index (χ3n) is 2.17. The highest BCUT2D eigenvalue weighted by molar-refractivity contribution is 5.74. The lowest BCUT2D eigenvalue weighted by Gasteiger charge is -2.02. The van der Waals surface area contributed by atoms with Gasteiger partial charge in [-0.2, -0.15) is 5.10 Å². The number of carbonyl (C=O) groups is 1. The zero-order chi connectivity index (χ0) is 13.0. The average Bonchev–Trinajstić information content (AvgIpc) is 2.52. The molecule has 0 aromatic carbocycles. The number of nitrogens with zero attached hydrogens (tertiary/aromatic N) is 3. The number of hydrogen-bond donors (Lipinski definition) is 2. The topological polar surface area (TPSA) is 110 Å². The van der Waals surface area contributed by atoms with Crippen molar-refractivity contribution in [1.29, 1.82) is 0 Å². The highest BCUT2D eigenvalue weighted by Crippen LogP contribution is 2.28. The summed E-state index contributed by atoms with van der Waals surface area (Å²) in [6, 6.07) is 0. The van der Waals surface area contributed by atoms with Crippen LogP contribution in [-0.4, -0.2) is 32.3 Å². The van der Waals surface area contributed by atoms with Crippen molar-refractivity contribution >= 4 is 17.5 Å². The SMILES string of the molecule is CCCc1nn(C)c(NCC(=O)O)c1[N+](=O)[O-]. The maximum absolute atomic E-state index is 10.9. The quantitative estimate of drug-likeness (QED) is 0.563. The molecule has 8 nitrogen and oxygen atoms in total. The van der Waals surface area contributed by atoms with Gasteiger partial charge in [-0.15, -0.1) is 0 Å². The largest absolute Gasteiger partial charge is 0.480 e. The summed E-state index contributed by atoms with van der Waals surface area (Å²) in [5, 5.41) is 26.0. The molecule has 1 rings (SSSR count). The second kappa shape index (κ2) is 5.28. The van der Waals surface area contributed by atoms with Gasteiger partial charge in [0, 0.05) is 7.05 Å². The van der Waals surface area contributed by atoms with Crippen molar-refractivity contribution in [2.75, 3.05) is 11.9 Å². The van der Waals surface area contributed by atoms with Crippen LogP contribution in [-0.2, 0) is 18.3 Å². The molecule has 0 unspecified atom stereocenters. The van der Waals surface area contributed by atoms with Gasteiger partial charge in [-0.1, -0.05) is 13.3 Å². The lowest BCUT2D eigenvalue weighted by atomic mass is 10.2. The number of nitro groups is 1. The van der Waals surface area contributed by atoms with E-state index in [9.17, 15) is 14.9 Å². The standard InChI is InChI=1S/C9H14N4O4/c1-3-4-6-8(13(16)17)9(12(2)11-6)10-5-7(14)15/h10H,3-5H2,1-2H3,(H,14,15). The number of hydrogen-bond acceptors (Lipinski definition) is 5. The van der Waals surface area contributed by atoms with Crippen LogP contribution >= 0.6 is 0 Å². The first-order chi connectivity index (χ1) is 7.97. The molecule has 0 saturated carbocycles. The zero-order valence-corrected chi connectivity index (χ0v) is 9.63. The third kappa shape index (κ3) is 2.92. The molecule has 0 atom stereocenters. The Morgan fingerprint density at radius 3 is 2.76 bits per heavy atom. The predicted molar refractivity (Wildman–Crippen MR) is 60.0 cm³/mol. The van der Waals surface area contributed by atoms with Crippen LogP contribution in [0.5, 0.6) is 0 Å². The molecular weight excluding hydrogens is 228 g/mol. The van der Waals surface area contributed by atoms with Gasteiger partial charge in [0.05, 0.1) is 4.92 Å². The predicted octanol–water partition coefficient (Wildman–Crippen LogP) is 0.777. The molecule has 0 aliphatic rings. The average molecular weight is 242 g/mol. The minimum atomic E-state index is -1.09. The molecule has 0 spiro atoms. The van der Waals surface area contributed by atoms with Crippen LogP contribution in [0.1, 0.15) is 19.0 Å². The van der Waals surface area contributed by atoms with Crippen LogP contribution in [0.3, 0.4) is 0 Å². The third-order valence-corrected chi connectivity index (χ3v) is 2.17. The van der Waals surface area contributed by atoms with E-state index in [2.05, 4.69) is 10.4 Å². The molecule has 2 N–H and O–H groups in total. The van der Waals surface area contributed by atoms with Crippen molar-refractivity contribution in [2.24, 2.45) is 7.05 Å². The number of aliphatic carboxylic acids is 1. The van der Waals surface area contributed by atoms with Crippen molar-refractivity contribution in [3.8, 4) is 0 Å². The number of nitrogens with one attached hydrogen (secondary N) is 1. The van der Waals surface area contributed by atoms with E-state index < -0.39 is 10.9 Å². The van der Waals surface area contributed by atoms with Gasteiger partial charge in [0.25, 0.3) is 0 Å². The van der Waals surface area contributed by atoms with Gasteiger partial charge in [-0.3, -0.25) is 14.9 Å². The molecule has 0 bridgehead atoms. The lowest BCUT2D eigenvalue weighted by molar-refractivity contribution is -0.384. The molecule has 8 heteroatoms. The van der Waals surface area contributed by atoms with Crippen molar-refractivity contribution in [3.05, 3.63) is 15.8 Å². The Balaban J connectivity index is 3.08. The van der Waals surface area contributed by atoms with E-state index in [-0.39, 0.29) is 18.1 Å². The Bertz CT molecular complexity index is 440. The van der Waals surface area contributed by atoms with E-state index in [4.69, 9.17) is 5.11 Å². The summed E-state index contributed by atoms with van der Waals surface area (Å²) in [6.07, 6.45) is 1.22. The summed E-state index contributed by atoms with van der Waals surface area (Å²) >= 11 is 0. The van der Waals surface area contributed by atoms with Crippen LogP contribution in [0.15, 0.2) is 0 Å². The van der Waals surface area contributed by atoms with Gasteiger partial charge in [0.15, 0.2) is 0 Å². The summed E-state index contributed by atoms with van der Waals surface area (Å²) in [5.41, 5.74) is 0.225. The van der Waals surface area contributed by atoms with Crippen LogP contribution in [0.4, 0.5) is 11.5 Å². The Kier molecular flexibility index (Phi) is 4.02. The molecule has 0 aliphatic heterocycles. The number of rotatable bonds is 6. The fourth-order valence-electron chi connectivity index (χ4n) is 1.52. The number of aromatic nitrogens is 2. The first kappa shape index (κ1) is 12.9. The van der Waals surface area contributed by atoms with Gasteiger partial charge in [0.1, 0.15) is 12.2 Å². The molecular formula is C9H14N4O4. The van der Waals surface area contributed by atoms with E-state index in [1.165, 1.54) is 11.7 Å². The fraction of sp³-hybridized carbons (Fsp3) is 0.556. The van der Waals surface area contributed by atoms with Gasteiger partial charge < -0.3 is 10.4 Å². The lowest BCUT2D eigenvalue weighted by Crippen LogP contribution is -2.15. The number of anilines is 1. The Hall–Kier alpha value is -2.12. The fourth-order valence-corrected chi connectivity index (χ4v) is 1.52. The van der Waals surface area contributed by atoms with Gasteiger partial charge in [-0.25, -0.2) is 4.68 Å².